The third-order valence-electron chi connectivity index (χ3n) is 4.28. The van der Waals surface area contributed by atoms with Crippen molar-refractivity contribution in [3.8, 4) is 6.01 Å². The lowest BCUT2D eigenvalue weighted by Crippen LogP contribution is -2.34. The number of amides is 1. The molecule has 2 aromatic heterocycles. The number of hydrogen-bond donors (Lipinski definition) is 0. The van der Waals surface area contributed by atoms with Gasteiger partial charge in [0.2, 0.25) is 5.82 Å². The van der Waals surface area contributed by atoms with Gasteiger partial charge in [-0.3, -0.25) is 4.79 Å². The van der Waals surface area contributed by atoms with Crippen LogP contribution in [0.15, 0.2) is 0 Å². The predicted molar refractivity (Wildman–Crippen MR) is 79.2 cm³/mol. The van der Waals surface area contributed by atoms with E-state index in [0.717, 1.165) is 11.6 Å². The van der Waals surface area contributed by atoms with Gasteiger partial charge in [-0.15, -0.1) is 5.10 Å². The van der Waals surface area contributed by atoms with Crippen LogP contribution in [0.1, 0.15) is 41.0 Å². The summed E-state index contributed by atoms with van der Waals surface area (Å²) < 4.78 is 8.46. The molecule has 2 aliphatic rings. The second-order valence-corrected chi connectivity index (χ2v) is 5.97. The molecule has 2 aromatic rings. The van der Waals surface area contributed by atoms with Crippen molar-refractivity contribution in [1.29, 1.82) is 0 Å². The summed E-state index contributed by atoms with van der Waals surface area (Å²) in [4.78, 5) is 23.1. The van der Waals surface area contributed by atoms with Gasteiger partial charge in [-0.2, -0.15) is 10.1 Å². The van der Waals surface area contributed by atoms with E-state index in [4.69, 9.17) is 4.74 Å². The van der Waals surface area contributed by atoms with Gasteiger partial charge in [-0.25, -0.2) is 14.3 Å². The van der Waals surface area contributed by atoms with E-state index in [1.165, 1.54) is 24.6 Å². The first kappa shape index (κ1) is 14.2. The van der Waals surface area contributed by atoms with Gasteiger partial charge >= 0.3 is 6.01 Å². The van der Waals surface area contributed by atoms with Crippen molar-refractivity contribution in [2.75, 3.05) is 20.2 Å². The number of rotatable bonds is 3. The van der Waals surface area contributed by atoms with Crippen LogP contribution in [0.25, 0.3) is 0 Å². The van der Waals surface area contributed by atoms with Crippen molar-refractivity contribution in [3.05, 3.63) is 17.5 Å². The highest BCUT2D eigenvalue weighted by Gasteiger charge is 2.30. The third-order valence-corrected chi connectivity index (χ3v) is 4.28. The Bertz CT molecular complexity index is 721. The van der Waals surface area contributed by atoms with E-state index in [9.17, 15) is 4.79 Å². The standard InChI is InChI=1S/C14H19N7O2/c1-19-14(23-2)16-12(17-19)13(22)20-6-5-10-15-11(9-3-4-9)18-21(10)8-7-20/h9H,3-8H2,1-2H3. The molecule has 0 saturated heterocycles. The van der Waals surface area contributed by atoms with E-state index in [-0.39, 0.29) is 11.7 Å². The van der Waals surface area contributed by atoms with Crippen LogP contribution in [0.2, 0.25) is 0 Å². The molecule has 1 amide bonds. The number of carbonyl (C=O) groups excluding carboxylic acids is 1. The summed E-state index contributed by atoms with van der Waals surface area (Å²) in [6.45, 7) is 1.84. The van der Waals surface area contributed by atoms with Gasteiger partial charge in [0, 0.05) is 32.5 Å². The van der Waals surface area contributed by atoms with Gasteiger partial charge in [0.05, 0.1) is 13.7 Å². The summed E-state index contributed by atoms with van der Waals surface area (Å²) in [6, 6.07) is 0.326. The Balaban J connectivity index is 1.48. The van der Waals surface area contributed by atoms with Crippen LogP contribution in [0.4, 0.5) is 0 Å². The van der Waals surface area contributed by atoms with Crippen LogP contribution < -0.4 is 4.74 Å². The third kappa shape index (κ3) is 2.55. The smallest absolute Gasteiger partial charge is 0.314 e. The van der Waals surface area contributed by atoms with Crippen LogP contribution in [0.3, 0.4) is 0 Å². The Labute approximate surface area is 133 Å². The van der Waals surface area contributed by atoms with Crippen molar-refractivity contribution in [2.24, 2.45) is 7.05 Å². The molecule has 0 aromatic carbocycles. The minimum atomic E-state index is -0.183. The molecule has 0 radical (unpaired) electrons. The number of hydrogen-bond acceptors (Lipinski definition) is 6. The van der Waals surface area contributed by atoms with Gasteiger partial charge in [-0.1, -0.05) is 0 Å². The normalized spacial score (nSPS) is 17.7. The average molecular weight is 317 g/mol. The van der Waals surface area contributed by atoms with E-state index < -0.39 is 0 Å². The molecular weight excluding hydrogens is 298 g/mol. The molecule has 1 saturated carbocycles. The van der Waals surface area contributed by atoms with E-state index in [1.807, 2.05) is 4.68 Å². The van der Waals surface area contributed by atoms with Gasteiger partial charge in [0.1, 0.15) is 5.82 Å². The Morgan fingerprint density at radius 2 is 2.00 bits per heavy atom. The zero-order valence-electron chi connectivity index (χ0n) is 13.3. The molecule has 0 spiro atoms. The zero-order chi connectivity index (χ0) is 16.0. The van der Waals surface area contributed by atoms with E-state index in [1.54, 1.807) is 11.9 Å². The molecule has 9 heteroatoms. The highest BCUT2D eigenvalue weighted by Crippen LogP contribution is 2.38. The van der Waals surface area contributed by atoms with Crippen molar-refractivity contribution >= 4 is 5.91 Å². The van der Waals surface area contributed by atoms with E-state index in [0.29, 0.717) is 38.0 Å². The van der Waals surface area contributed by atoms with E-state index >= 15 is 0 Å². The molecule has 3 heterocycles. The molecule has 23 heavy (non-hydrogen) atoms. The fraction of sp³-hybridized carbons (Fsp3) is 0.643. The lowest BCUT2D eigenvalue weighted by Gasteiger charge is -2.17. The minimum Gasteiger partial charge on any atom is -0.467 e. The summed E-state index contributed by atoms with van der Waals surface area (Å²) in [7, 11) is 3.20. The average Bonchev–Trinajstić information content (AvgIpc) is 3.27. The van der Waals surface area contributed by atoms with Gasteiger partial charge in [-0.05, 0) is 12.8 Å². The second kappa shape index (κ2) is 5.32. The summed E-state index contributed by atoms with van der Waals surface area (Å²) in [5.74, 6) is 2.47. The second-order valence-electron chi connectivity index (χ2n) is 5.97. The molecule has 122 valence electrons. The van der Waals surface area contributed by atoms with Crippen LogP contribution >= 0.6 is 0 Å². The highest BCUT2D eigenvalue weighted by atomic mass is 16.5. The highest BCUT2D eigenvalue weighted by molar-refractivity contribution is 5.90. The Morgan fingerprint density at radius 1 is 1.17 bits per heavy atom. The number of aryl methyl sites for hydroxylation is 1. The largest absolute Gasteiger partial charge is 0.467 e. The molecule has 0 unspecified atom stereocenters. The predicted octanol–water partition coefficient (Wildman–Crippen LogP) is -0.00890. The van der Waals surface area contributed by atoms with Crippen LogP contribution in [0.5, 0.6) is 6.01 Å². The fourth-order valence-electron chi connectivity index (χ4n) is 2.82. The molecular formula is C14H19N7O2. The SMILES string of the molecule is COc1nc(C(=O)N2CCc3nc(C4CC4)nn3CC2)nn1C. The molecule has 0 bridgehead atoms. The van der Waals surface area contributed by atoms with Crippen molar-refractivity contribution in [3.63, 3.8) is 0 Å². The Morgan fingerprint density at radius 3 is 2.70 bits per heavy atom. The maximum Gasteiger partial charge on any atom is 0.314 e. The quantitative estimate of drug-likeness (QED) is 0.791. The van der Waals surface area contributed by atoms with Crippen molar-refractivity contribution in [1.82, 2.24) is 34.4 Å². The molecule has 0 N–H and O–H groups in total. The van der Waals surface area contributed by atoms with Gasteiger partial charge in [0.15, 0.2) is 5.82 Å². The van der Waals surface area contributed by atoms with E-state index in [2.05, 4.69) is 20.2 Å². The molecule has 1 aliphatic heterocycles. The minimum absolute atomic E-state index is 0.163. The fourth-order valence-corrected chi connectivity index (χ4v) is 2.82. The lowest BCUT2D eigenvalue weighted by molar-refractivity contribution is 0.0745. The first-order valence-electron chi connectivity index (χ1n) is 7.83. The zero-order valence-corrected chi connectivity index (χ0v) is 13.3. The number of fused-ring (bicyclic) bond motifs is 1. The van der Waals surface area contributed by atoms with Gasteiger partial charge in [0.25, 0.3) is 5.91 Å². The maximum absolute atomic E-state index is 12.6. The number of nitrogens with zero attached hydrogens (tertiary/aromatic N) is 7. The number of aromatic nitrogens is 6. The summed E-state index contributed by atoms with van der Waals surface area (Å²) in [5, 5.41) is 8.70. The molecule has 9 nitrogen and oxygen atoms in total. The molecule has 1 aliphatic carbocycles. The Hall–Kier alpha value is -2.45. The monoisotopic (exact) mass is 317 g/mol. The first-order chi connectivity index (χ1) is 11.2. The topological polar surface area (TPSA) is 91.0 Å². The van der Waals surface area contributed by atoms with Crippen molar-refractivity contribution < 1.29 is 9.53 Å². The summed E-state index contributed by atoms with van der Waals surface area (Å²) in [6.07, 6.45) is 3.10. The molecule has 0 atom stereocenters. The Kier molecular flexibility index (Phi) is 3.28. The van der Waals surface area contributed by atoms with Crippen LogP contribution in [-0.4, -0.2) is 60.5 Å². The number of carbonyl (C=O) groups is 1. The molecule has 4 rings (SSSR count). The summed E-state index contributed by atoms with van der Waals surface area (Å²) >= 11 is 0. The number of ether oxygens (including phenoxy) is 1. The number of methoxy groups -OCH3 is 1. The maximum atomic E-state index is 12.6. The van der Waals surface area contributed by atoms with Crippen LogP contribution in [-0.2, 0) is 20.0 Å². The molecule has 1 fully saturated rings. The summed E-state index contributed by atoms with van der Waals surface area (Å²) in [5.41, 5.74) is 0. The van der Waals surface area contributed by atoms with Gasteiger partial charge < -0.3 is 9.64 Å². The van der Waals surface area contributed by atoms with Crippen LogP contribution in [0, 0.1) is 0 Å². The first-order valence-corrected chi connectivity index (χ1v) is 7.83. The lowest BCUT2D eigenvalue weighted by atomic mass is 10.3. The van der Waals surface area contributed by atoms with Crippen molar-refractivity contribution in [2.45, 2.75) is 31.7 Å².